The molecule has 0 N–H and O–H groups in total. The number of amides is 2. The van der Waals surface area contributed by atoms with Crippen molar-refractivity contribution >= 4 is 27.9 Å². The average Bonchev–Trinajstić information content (AvgIpc) is 2.43. The van der Waals surface area contributed by atoms with Gasteiger partial charge < -0.3 is 9.39 Å². The van der Waals surface area contributed by atoms with Crippen molar-refractivity contribution in [3.05, 3.63) is 0 Å². The Hall–Kier alpha value is -1.48. The summed E-state index contributed by atoms with van der Waals surface area (Å²) in [5.74, 6) is -3.23. The van der Waals surface area contributed by atoms with E-state index in [9.17, 15) is 27.4 Å². The smallest absolute Gasteiger partial charge is 0.338 e. The normalized spacial score (nSPS) is 21.3. The molecule has 1 heterocycles. The van der Waals surface area contributed by atoms with Crippen LogP contribution in [0.5, 0.6) is 0 Å². The molecular formula is C9H12NO7S-. The third-order valence-electron chi connectivity index (χ3n) is 2.20. The maximum Gasteiger partial charge on any atom is 0.338 e. The summed E-state index contributed by atoms with van der Waals surface area (Å²) in [5, 5.41) is -1.97. The summed E-state index contributed by atoms with van der Waals surface area (Å²) in [6.45, 7) is 4.46. The Kier molecular flexibility index (Phi) is 3.50. The Balaban J connectivity index is 2.91. The van der Waals surface area contributed by atoms with Crippen LogP contribution in [-0.2, 0) is 29.3 Å². The lowest BCUT2D eigenvalue weighted by atomic mass is 9.98. The first-order valence-electron chi connectivity index (χ1n) is 4.98. The summed E-state index contributed by atoms with van der Waals surface area (Å²) in [6, 6.07) is 0. The van der Waals surface area contributed by atoms with Crippen molar-refractivity contribution in [2.75, 3.05) is 0 Å². The van der Waals surface area contributed by atoms with E-state index in [1.165, 1.54) is 20.8 Å². The number of hydroxylamine groups is 2. The third-order valence-corrected chi connectivity index (χ3v) is 3.26. The summed E-state index contributed by atoms with van der Waals surface area (Å²) in [7, 11) is -4.94. The fraction of sp³-hybridized carbons (Fsp3) is 0.667. The zero-order chi connectivity index (χ0) is 14.3. The highest BCUT2D eigenvalue weighted by Crippen LogP contribution is 2.23. The molecule has 1 aliphatic heterocycles. The molecule has 0 radical (unpaired) electrons. The van der Waals surface area contributed by atoms with Gasteiger partial charge in [0, 0.05) is 0 Å². The molecule has 0 saturated carbocycles. The second kappa shape index (κ2) is 4.32. The van der Waals surface area contributed by atoms with Crippen LogP contribution in [0, 0.1) is 5.41 Å². The van der Waals surface area contributed by atoms with Crippen LogP contribution in [0.3, 0.4) is 0 Å². The predicted molar refractivity (Wildman–Crippen MR) is 55.5 cm³/mol. The van der Waals surface area contributed by atoms with Crippen molar-refractivity contribution in [2.24, 2.45) is 5.41 Å². The molecule has 0 bridgehead atoms. The van der Waals surface area contributed by atoms with Crippen LogP contribution in [0.25, 0.3) is 0 Å². The van der Waals surface area contributed by atoms with E-state index in [1.807, 2.05) is 0 Å². The molecule has 1 rings (SSSR count). The molecule has 9 heteroatoms. The van der Waals surface area contributed by atoms with Gasteiger partial charge in [-0.05, 0) is 20.8 Å². The molecule has 1 atom stereocenters. The van der Waals surface area contributed by atoms with Gasteiger partial charge in [0.15, 0.2) is 0 Å². The van der Waals surface area contributed by atoms with E-state index in [4.69, 9.17) is 0 Å². The van der Waals surface area contributed by atoms with Gasteiger partial charge in [-0.3, -0.25) is 9.59 Å². The molecule has 0 aromatic heterocycles. The van der Waals surface area contributed by atoms with Crippen LogP contribution in [0.1, 0.15) is 27.2 Å². The maximum atomic E-state index is 11.5. The highest BCUT2D eigenvalue weighted by Gasteiger charge is 2.46. The lowest BCUT2D eigenvalue weighted by Gasteiger charge is -2.20. The fourth-order valence-electron chi connectivity index (χ4n) is 1.12. The largest absolute Gasteiger partial charge is 0.747 e. The van der Waals surface area contributed by atoms with Gasteiger partial charge in [0.25, 0.3) is 11.8 Å². The van der Waals surface area contributed by atoms with Gasteiger partial charge in [-0.1, -0.05) is 0 Å². The molecule has 0 aromatic rings. The molecule has 0 aliphatic carbocycles. The van der Waals surface area contributed by atoms with Crippen LogP contribution >= 0.6 is 0 Å². The summed E-state index contributed by atoms with van der Waals surface area (Å²) >= 11 is 0. The monoisotopic (exact) mass is 278 g/mol. The van der Waals surface area contributed by atoms with Crippen molar-refractivity contribution in [2.45, 2.75) is 32.4 Å². The molecule has 0 spiro atoms. The van der Waals surface area contributed by atoms with E-state index in [-0.39, 0.29) is 5.06 Å². The molecule has 1 unspecified atom stereocenters. The minimum atomic E-state index is -4.94. The number of carbonyl (C=O) groups is 3. The molecule has 1 fully saturated rings. The number of nitrogens with zero attached hydrogens (tertiary/aromatic N) is 1. The van der Waals surface area contributed by atoms with Crippen LogP contribution in [0.4, 0.5) is 0 Å². The fourth-order valence-corrected chi connectivity index (χ4v) is 1.81. The van der Waals surface area contributed by atoms with Crippen molar-refractivity contribution < 1.29 is 32.2 Å². The lowest BCUT2D eigenvalue weighted by Crippen LogP contribution is -2.39. The van der Waals surface area contributed by atoms with E-state index in [2.05, 4.69) is 4.84 Å². The second-order valence-corrected chi connectivity index (χ2v) is 6.40. The van der Waals surface area contributed by atoms with Gasteiger partial charge in [0.1, 0.15) is 15.4 Å². The number of hydrogen-bond acceptors (Lipinski definition) is 7. The Morgan fingerprint density at radius 3 is 2.22 bits per heavy atom. The molecule has 1 saturated heterocycles. The Morgan fingerprint density at radius 1 is 1.39 bits per heavy atom. The Labute approximate surface area is 104 Å². The zero-order valence-electron chi connectivity index (χ0n) is 10.00. The molecule has 2 amide bonds. The summed E-state index contributed by atoms with van der Waals surface area (Å²) in [5.41, 5.74) is -0.977. The van der Waals surface area contributed by atoms with Gasteiger partial charge in [0.05, 0.1) is 11.8 Å². The Bertz CT molecular complexity index is 501. The van der Waals surface area contributed by atoms with Gasteiger partial charge in [0.2, 0.25) is 0 Å². The number of hydrogen-bond donors (Lipinski definition) is 0. The van der Waals surface area contributed by atoms with Crippen LogP contribution in [0.2, 0.25) is 0 Å². The molecule has 1 aliphatic rings. The van der Waals surface area contributed by atoms with Crippen LogP contribution in [0.15, 0.2) is 0 Å². The molecular weight excluding hydrogens is 266 g/mol. The SMILES string of the molecule is CC(C)(C)C(=O)ON1C(=O)CC(S(=O)(=O)[O-])C1=O. The lowest BCUT2D eigenvalue weighted by molar-refractivity contribution is -0.203. The van der Waals surface area contributed by atoms with Crippen molar-refractivity contribution in [1.82, 2.24) is 5.06 Å². The number of carbonyl (C=O) groups excluding carboxylic acids is 3. The van der Waals surface area contributed by atoms with Gasteiger partial charge in [-0.25, -0.2) is 13.2 Å². The van der Waals surface area contributed by atoms with E-state index < -0.39 is 45.0 Å². The van der Waals surface area contributed by atoms with Gasteiger partial charge >= 0.3 is 5.97 Å². The zero-order valence-corrected chi connectivity index (χ0v) is 10.8. The molecule has 8 nitrogen and oxygen atoms in total. The van der Waals surface area contributed by atoms with Gasteiger partial charge in [-0.15, -0.1) is 5.06 Å². The maximum absolute atomic E-state index is 11.5. The van der Waals surface area contributed by atoms with E-state index in [1.54, 1.807) is 0 Å². The molecule has 102 valence electrons. The van der Waals surface area contributed by atoms with Gasteiger partial charge in [-0.2, -0.15) is 0 Å². The third kappa shape index (κ3) is 2.85. The predicted octanol–water partition coefficient (Wildman–Crippen LogP) is -0.837. The first-order valence-corrected chi connectivity index (χ1v) is 6.45. The summed E-state index contributed by atoms with van der Waals surface area (Å²) in [6.07, 6.45) is -0.803. The second-order valence-electron chi connectivity index (χ2n) is 4.84. The standard InChI is InChI=1S/C9H13NO7S/c1-9(2,3)8(13)17-10-6(11)4-5(7(10)12)18(14,15)16/h5H,4H2,1-3H3,(H,14,15,16)/p-1. The summed E-state index contributed by atoms with van der Waals surface area (Å²) < 4.78 is 32.2. The van der Waals surface area contributed by atoms with Crippen LogP contribution in [-0.4, -0.2) is 41.1 Å². The van der Waals surface area contributed by atoms with E-state index >= 15 is 0 Å². The molecule has 18 heavy (non-hydrogen) atoms. The molecule has 0 aromatic carbocycles. The average molecular weight is 278 g/mol. The number of rotatable bonds is 2. The first kappa shape index (κ1) is 14.6. The highest BCUT2D eigenvalue weighted by molar-refractivity contribution is 7.87. The first-order chi connectivity index (χ1) is 7.94. The van der Waals surface area contributed by atoms with E-state index in [0.717, 1.165) is 0 Å². The van der Waals surface area contributed by atoms with Crippen LogP contribution < -0.4 is 0 Å². The highest BCUT2D eigenvalue weighted by atomic mass is 32.2. The minimum Gasteiger partial charge on any atom is -0.747 e. The summed E-state index contributed by atoms with van der Waals surface area (Å²) in [4.78, 5) is 38.8. The van der Waals surface area contributed by atoms with Crippen molar-refractivity contribution in [3.8, 4) is 0 Å². The Morgan fingerprint density at radius 2 is 1.89 bits per heavy atom. The topological polar surface area (TPSA) is 121 Å². The van der Waals surface area contributed by atoms with Crippen molar-refractivity contribution in [3.63, 3.8) is 0 Å². The number of imide groups is 1. The van der Waals surface area contributed by atoms with E-state index in [0.29, 0.717) is 0 Å². The minimum absolute atomic E-state index is 0.0493. The van der Waals surface area contributed by atoms with Crippen molar-refractivity contribution in [1.29, 1.82) is 0 Å². The quantitative estimate of drug-likeness (QED) is 0.477.